The molecule has 0 unspecified atom stereocenters. The first-order valence-corrected chi connectivity index (χ1v) is 8.06. The van der Waals surface area contributed by atoms with Crippen molar-refractivity contribution in [1.82, 2.24) is 9.88 Å². The normalized spacial score (nSPS) is 22.2. The SMILES string of the molecule is CN(C)C1CCC(Oc2cc3cc[nH]c(=O)c3cc2Cl)CC1. The molecule has 1 N–H and O–H groups in total. The second kappa shape index (κ2) is 6.31. The molecule has 1 fully saturated rings. The third-order valence-corrected chi connectivity index (χ3v) is 4.79. The van der Waals surface area contributed by atoms with Crippen molar-refractivity contribution >= 4 is 22.4 Å². The number of nitrogens with zero attached hydrogens (tertiary/aromatic N) is 1. The van der Waals surface area contributed by atoms with E-state index >= 15 is 0 Å². The van der Waals surface area contributed by atoms with Gasteiger partial charge in [0.2, 0.25) is 0 Å². The van der Waals surface area contributed by atoms with Crippen molar-refractivity contribution in [2.24, 2.45) is 0 Å². The molecule has 1 aromatic carbocycles. The van der Waals surface area contributed by atoms with Crippen LogP contribution in [0.25, 0.3) is 10.8 Å². The van der Waals surface area contributed by atoms with Crippen LogP contribution >= 0.6 is 11.6 Å². The van der Waals surface area contributed by atoms with Gasteiger partial charge in [0.05, 0.1) is 11.1 Å². The van der Waals surface area contributed by atoms with Crippen molar-refractivity contribution < 1.29 is 4.74 Å². The molecule has 1 aliphatic carbocycles. The number of ether oxygens (including phenoxy) is 1. The van der Waals surface area contributed by atoms with Gasteiger partial charge in [-0.3, -0.25) is 4.79 Å². The molecule has 118 valence electrons. The topological polar surface area (TPSA) is 45.3 Å². The summed E-state index contributed by atoms with van der Waals surface area (Å²) in [4.78, 5) is 16.7. The van der Waals surface area contributed by atoms with E-state index < -0.39 is 0 Å². The number of aromatic nitrogens is 1. The number of rotatable bonds is 3. The van der Waals surface area contributed by atoms with Gasteiger partial charge < -0.3 is 14.6 Å². The number of pyridine rings is 1. The molecule has 22 heavy (non-hydrogen) atoms. The average Bonchev–Trinajstić information content (AvgIpc) is 2.50. The average molecular weight is 321 g/mol. The summed E-state index contributed by atoms with van der Waals surface area (Å²) in [5.41, 5.74) is -0.127. The summed E-state index contributed by atoms with van der Waals surface area (Å²) in [6.07, 6.45) is 6.20. The first kappa shape index (κ1) is 15.4. The minimum Gasteiger partial charge on any atom is -0.489 e. The van der Waals surface area contributed by atoms with Crippen LogP contribution in [0, 0.1) is 0 Å². The molecular weight excluding hydrogens is 300 g/mol. The van der Waals surface area contributed by atoms with E-state index in [2.05, 4.69) is 24.0 Å². The van der Waals surface area contributed by atoms with Gasteiger partial charge >= 0.3 is 0 Å². The number of halogens is 1. The number of hydrogen-bond acceptors (Lipinski definition) is 3. The Morgan fingerprint density at radius 3 is 2.64 bits per heavy atom. The quantitative estimate of drug-likeness (QED) is 0.942. The lowest BCUT2D eigenvalue weighted by molar-refractivity contribution is 0.111. The van der Waals surface area contributed by atoms with E-state index in [-0.39, 0.29) is 11.7 Å². The summed E-state index contributed by atoms with van der Waals surface area (Å²) in [6.45, 7) is 0. The zero-order chi connectivity index (χ0) is 15.7. The third-order valence-electron chi connectivity index (χ3n) is 4.49. The Morgan fingerprint density at radius 1 is 1.23 bits per heavy atom. The fourth-order valence-electron chi connectivity index (χ4n) is 3.14. The van der Waals surface area contributed by atoms with Crippen LogP contribution in [0.5, 0.6) is 5.75 Å². The molecule has 0 spiro atoms. The molecule has 3 rings (SSSR count). The first-order valence-electron chi connectivity index (χ1n) is 7.68. The number of aromatic amines is 1. The Bertz CT molecular complexity index is 718. The lowest BCUT2D eigenvalue weighted by Gasteiger charge is -2.32. The van der Waals surface area contributed by atoms with Crippen LogP contribution in [0.2, 0.25) is 5.02 Å². The Kier molecular flexibility index (Phi) is 4.41. The van der Waals surface area contributed by atoms with Gasteiger partial charge in [-0.25, -0.2) is 0 Å². The van der Waals surface area contributed by atoms with E-state index in [9.17, 15) is 4.79 Å². The highest BCUT2D eigenvalue weighted by atomic mass is 35.5. The molecule has 1 saturated carbocycles. The summed E-state index contributed by atoms with van der Waals surface area (Å²) in [5, 5.41) is 1.94. The minimum absolute atomic E-state index is 0.127. The van der Waals surface area contributed by atoms with Crippen LogP contribution in [-0.4, -0.2) is 36.1 Å². The molecule has 0 saturated heterocycles. The highest BCUT2D eigenvalue weighted by molar-refractivity contribution is 6.32. The van der Waals surface area contributed by atoms with Crippen LogP contribution in [0.3, 0.4) is 0 Å². The van der Waals surface area contributed by atoms with Crippen LogP contribution in [0.15, 0.2) is 29.2 Å². The molecule has 0 bridgehead atoms. The van der Waals surface area contributed by atoms with Gasteiger partial charge in [-0.2, -0.15) is 0 Å². The van der Waals surface area contributed by atoms with Crippen molar-refractivity contribution in [2.45, 2.75) is 37.8 Å². The lowest BCUT2D eigenvalue weighted by Crippen LogP contribution is -2.35. The molecule has 0 atom stereocenters. The first-order chi connectivity index (χ1) is 10.5. The second-order valence-corrected chi connectivity index (χ2v) is 6.60. The van der Waals surface area contributed by atoms with Gasteiger partial charge in [0.25, 0.3) is 5.56 Å². The van der Waals surface area contributed by atoms with Gasteiger partial charge in [-0.05, 0) is 63.4 Å². The molecule has 0 amide bonds. The fraction of sp³-hybridized carbons (Fsp3) is 0.471. The van der Waals surface area contributed by atoms with Gasteiger partial charge in [0.15, 0.2) is 0 Å². The van der Waals surface area contributed by atoms with E-state index in [0.717, 1.165) is 31.1 Å². The number of nitrogens with one attached hydrogen (secondary N) is 1. The minimum atomic E-state index is -0.127. The lowest BCUT2D eigenvalue weighted by atomic mass is 9.92. The predicted molar refractivity (Wildman–Crippen MR) is 89.9 cm³/mol. The van der Waals surface area contributed by atoms with Gasteiger partial charge in [-0.15, -0.1) is 0 Å². The van der Waals surface area contributed by atoms with E-state index in [1.165, 1.54) is 0 Å². The summed E-state index contributed by atoms with van der Waals surface area (Å²) >= 11 is 6.29. The van der Waals surface area contributed by atoms with E-state index in [0.29, 0.717) is 22.2 Å². The predicted octanol–water partition coefficient (Wildman–Crippen LogP) is 3.43. The standard InChI is InChI=1S/C17H21ClN2O2/c1-20(2)12-3-5-13(6-4-12)22-16-9-11-7-8-19-17(21)14(11)10-15(16)18/h7-10,12-13H,3-6H2,1-2H3,(H,19,21). The van der Waals surface area contributed by atoms with Crippen molar-refractivity contribution in [1.29, 1.82) is 0 Å². The van der Waals surface area contributed by atoms with Gasteiger partial charge in [0, 0.05) is 17.6 Å². The summed E-state index contributed by atoms with van der Waals surface area (Å²) in [6, 6.07) is 6.06. The highest BCUT2D eigenvalue weighted by Crippen LogP contribution is 2.32. The summed E-state index contributed by atoms with van der Waals surface area (Å²) in [5.74, 6) is 0.674. The van der Waals surface area contributed by atoms with Crippen molar-refractivity contribution in [2.75, 3.05) is 14.1 Å². The number of H-pyrrole nitrogens is 1. The highest BCUT2D eigenvalue weighted by Gasteiger charge is 2.24. The fourth-order valence-corrected chi connectivity index (χ4v) is 3.35. The van der Waals surface area contributed by atoms with Crippen molar-refractivity contribution in [3.05, 3.63) is 39.8 Å². The maximum Gasteiger partial charge on any atom is 0.255 e. The number of hydrogen-bond donors (Lipinski definition) is 1. The number of benzene rings is 1. The Balaban J connectivity index is 1.77. The van der Waals surface area contributed by atoms with Crippen LogP contribution in [0.1, 0.15) is 25.7 Å². The maximum atomic E-state index is 11.8. The molecular formula is C17H21ClN2O2. The number of fused-ring (bicyclic) bond motifs is 1. The van der Waals surface area contributed by atoms with E-state index in [1.807, 2.05) is 12.1 Å². The monoisotopic (exact) mass is 320 g/mol. The molecule has 1 aliphatic rings. The zero-order valence-electron chi connectivity index (χ0n) is 12.9. The van der Waals surface area contributed by atoms with Gasteiger partial charge in [-0.1, -0.05) is 11.6 Å². The Morgan fingerprint density at radius 2 is 1.95 bits per heavy atom. The summed E-state index contributed by atoms with van der Waals surface area (Å²) < 4.78 is 6.10. The Labute approximate surface area is 135 Å². The van der Waals surface area contributed by atoms with Crippen LogP contribution in [-0.2, 0) is 0 Å². The second-order valence-electron chi connectivity index (χ2n) is 6.19. The molecule has 0 aliphatic heterocycles. The maximum absolute atomic E-state index is 11.8. The molecule has 0 radical (unpaired) electrons. The molecule has 5 heteroatoms. The third kappa shape index (κ3) is 3.13. The summed E-state index contributed by atoms with van der Waals surface area (Å²) in [7, 11) is 4.26. The van der Waals surface area contributed by atoms with Gasteiger partial charge in [0.1, 0.15) is 5.75 Å². The van der Waals surface area contributed by atoms with E-state index in [1.54, 1.807) is 12.3 Å². The van der Waals surface area contributed by atoms with Crippen molar-refractivity contribution in [3.8, 4) is 5.75 Å². The molecule has 1 aromatic heterocycles. The van der Waals surface area contributed by atoms with Crippen LogP contribution in [0.4, 0.5) is 0 Å². The molecule has 4 nitrogen and oxygen atoms in total. The molecule has 2 aromatic rings. The smallest absolute Gasteiger partial charge is 0.255 e. The zero-order valence-corrected chi connectivity index (χ0v) is 13.7. The molecule has 1 heterocycles. The van der Waals surface area contributed by atoms with E-state index in [4.69, 9.17) is 16.3 Å². The largest absolute Gasteiger partial charge is 0.489 e. The van der Waals surface area contributed by atoms with Crippen molar-refractivity contribution in [3.63, 3.8) is 0 Å². The Hall–Kier alpha value is -1.52. The van der Waals surface area contributed by atoms with Crippen LogP contribution < -0.4 is 10.3 Å².